The first kappa shape index (κ1) is 12.5. The molecule has 0 saturated heterocycles. The normalized spacial score (nSPS) is 10.1. The average molecular weight is 254 g/mol. The van der Waals surface area contributed by atoms with Crippen molar-refractivity contribution in [3.63, 3.8) is 0 Å². The van der Waals surface area contributed by atoms with Gasteiger partial charge in [0.25, 0.3) is 0 Å². The summed E-state index contributed by atoms with van der Waals surface area (Å²) in [6.45, 7) is 4.16. The number of nitriles is 1. The highest BCUT2D eigenvalue weighted by molar-refractivity contribution is 7.99. The SMILES string of the molecule is Cc1ccc(C)c(Sc2ccc(C#N)cc2N)c1. The van der Waals surface area contributed by atoms with Crippen LogP contribution in [-0.2, 0) is 0 Å². The van der Waals surface area contributed by atoms with Gasteiger partial charge in [-0.15, -0.1) is 0 Å². The fourth-order valence-electron chi connectivity index (χ4n) is 1.65. The van der Waals surface area contributed by atoms with Crippen molar-refractivity contribution in [1.82, 2.24) is 0 Å². The monoisotopic (exact) mass is 254 g/mol. The zero-order valence-corrected chi connectivity index (χ0v) is 11.2. The molecule has 2 N–H and O–H groups in total. The number of anilines is 1. The quantitative estimate of drug-likeness (QED) is 0.827. The predicted molar refractivity (Wildman–Crippen MR) is 75.6 cm³/mol. The van der Waals surface area contributed by atoms with E-state index in [1.807, 2.05) is 6.07 Å². The number of nitrogens with two attached hydrogens (primary N) is 1. The van der Waals surface area contributed by atoms with Crippen molar-refractivity contribution in [2.75, 3.05) is 5.73 Å². The molecule has 18 heavy (non-hydrogen) atoms. The zero-order chi connectivity index (χ0) is 13.1. The summed E-state index contributed by atoms with van der Waals surface area (Å²) in [4.78, 5) is 2.19. The Bertz CT molecular complexity index is 627. The Labute approximate surface area is 111 Å². The molecule has 2 nitrogen and oxygen atoms in total. The van der Waals surface area contributed by atoms with Gasteiger partial charge in [0.15, 0.2) is 0 Å². The number of benzene rings is 2. The Morgan fingerprint density at radius 3 is 2.50 bits per heavy atom. The molecule has 2 aromatic rings. The summed E-state index contributed by atoms with van der Waals surface area (Å²) in [6, 6.07) is 13.9. The lowest BCUT2D eigenvalue weighted by Crippen LogP contribution is -1.90. The van der Waals surface area contributed by atoms with Crippen molar-refractivity contribution in [2.45, 2.75) is 23.6 Å². The number of nitrogen functional groups attached to an aromatic ring is 1. The van der Waals surface area contributed by atoms with Gasteiger partial charge < -0.3 is 5.73 Å². The van der Waals surface area contributed by atoms with Crippen LogP contribution in [0.5, 0.6) is 0 Å². The molecule has 0 heterocycles. The molecular formula is C15H14N2S. The summed E-state index contributed by atoms with van der Waals surface area (Å²) in [6.07, 6.45) is 0. The second-order valence-electron chi connectivity index (χ2n) is 4.24. The first-order chi connectivity index (χ1) is 8.60. The second kappa shape index (κ2) is 5.16. The molecule has 0 spiro atoms. The van der Waals surface area contributed by atoms with Crippen LogP contribution in [0, 0.1) is 25.2 Å². The first-order valence-electron chi connectivity index (χ1n) is 5.65. The van der Waals surface area contributed by atoms with E-state index in [0.29, 0.717) is 11.3 Å². The molecule has 0 atom stereocenters. The van der Waals surface area contributed by atoms with Crippen molar-refractivity contribution in [3.8, 4) is 6.07 Å². The molecule has 0 bridgehead atoms. The first-order valence-corrected chi connectivity index (χ1v) is 6.46. The Hall–Kier alpha value is -1.92. The average Bonchev–Trinajstić information content (AvgIpc) is 2.36. The van der Waals surface area contributed by atoms with Gasteiger partial charge in [0.05, 0.1) is 11.6 Å². The van der Waals surface area contributed by atoms with Gasteiger partial charge in [0, 0.05) is 15.5 Å². The van der Waals surface area contributed by atoms with Gasteiger partial charge in [-0.2, -0.15) is 5.26 Å². The molecule has 2 rings (SSSR count). The van der Waals surface area contributed by atoms with Gasteiger partial charge in [-0.25, -0.2) is 0 Å². The van der Waals surface area contributed by atoms with E-state index >= 15 is 0 Å². The van der Waals surface area contributed by atoms with Gasteiger partial charge in [0.2, 0.25) is 0 Å². The van der Waals surface area contributed by atoms with E-state index in [4.69, 9.17) is 11.0 Å². The fraction of sp³-hybridized carbons (Fsp3) is 0.133. The number of nitrogens with zero attached hydrogens (tertiary/aromatic N) is 1. The molecule has 0 amide bonds. The van der Waals surface area contributed by atoms with E-state index in [0.717, 1.165) is 4.90 Å². The van der Waals surface area contributed by atoms with Crippen molar-refractivity contribution in [3.05, 3.63) is 53.1 Å². The lowest BCUT2D eigenvalue weighted by atomic mass is 10.2. The highest BCUT2D eigenvalue weighted by atomic mass is 32.2. The van der Waals surface area contributed by atoms with E-state index in [9.17, 15) is 0 Å². The molecule has 0 aliphatic heterocycles. The largest absolute Gasteiger partial charge is 0.398 e. The van der Waals surface area contributed by atoms with Gasteiger partial charge in [0.1, 0.15) is 0 Å². The fourth-order valence-corrected chi connectivity index (χ4v) is 2.67. The molecule has 0 aliphatic rings. The van der Waals surface area contributed by atoms with Gasteiger partial charge in [-0.05, 0) is 49.2 Å². The van der Waals surface area contributed by atoms with Crippen molar-refractivity contribution in [1.29, 1.82) is 5.26 Å². The van der Waals surface area contributed by atoms with Crippen LogP contribution >= 0.6 is 11.8 Å². The van der Waals surface area contributed by atoms with Crippen LogP contribution in [0.2, 0.25) is 0 Å². The predicted octanol–water partition coefficient (Wildman–Crippen LogP) is 3.91. The summed E-state index contributed by atoms with van der Waals surface area (Å²) in [7, 11) is 0. The van der Waals surface area contributed by atoms with Crippen LogP contribution < -0.4 is 5.73 Å². The standard InChI is InChI=1S/C15H14N2S/c1-10-3-4-11(2)15(7-10)18-14-6-5-12(9-16)8-13(14)17/h3-8H,17H2,1-2H3. The number of hydrogen-bond acceptors (Lipinski definition) is 3. The molecule has 0 radical (unpaired) electrons. The minimum atomic E-state index is 0.595. The minimum absolute atomic E-state index is 0.595. The van der Waals surface area contributed by atoms with Crippen molar-refractivity contribution in [2.24, 2.45) is 0 Å². The van der Waals surface area contributed by atoms with Gasteiger partial charge >= 0.3 is 0 Å². The molecule has 0 aliphatic carbocycles. The number of rotatable bonds is 2. The molecule has 3 heteroatoms. The third kappa shape index (κ3) is 2.66. The maximum Gasteiger partial charge on any atom is 0.0992 e. The third-order valence-electron chi connectivity index (χ3n) is 2.70. The van der Waals surface area contributed by atoms with E-state index < -0.39 is 0 Å². The van der Waals surface area contributed by atoms with E-state index in [1.165, 1.54) is 16.0 Å². The lowest BCUT2D eigenvalue weighted by molar-refractivity contribution is 1.25. The van der Waals surface area contributed by atoms with Gasteiger partial charge in [-0.1, -0.05) is 23.9 Å². The minimum Gasteiger partial charge on any atom is -0.398 e. The Balaban J connectivity index is 2.34. The summed E-state index contributed by atoms with van der Waals surface area (Å²) in [5.41, 5.74) is 9.67. The molecular weight excluding hydrogens is 240 g/mol. The van der Waals surface area contributed by atoms with Crippen LogP contribution in [0.4, 0.5) is 5.69 Å². The smallest absolute Gasteiger partial charge is 0.0992 e. The summed E-state index contributed by atoms with van der Waals surface area (Å²) < 4.78 is 0. The van der Waals surface area contributed by atoms with Crippen molar-refractivity contribution >= 4 is 17.4 Å². The third-order valence-corrected chi connectivity index (χ3v) is 3.95. The highest BCUT2D eigenvalue weighted by Gasteiger charge is 2.05. The van der Waals surface area contributed by atoms with Crippen LogP contribution in [0.3, 0.4) is 0 Å². The Morgan fingerprint density at radius 1 is 1.06 bits per heavy atom. The van der Waals surface area contributed by atoms with Crippen LogP contribution in [0.15, 0.2) is 46.2 Å². The van der Waals surface area contributed by atoms with E-state index in [-0.39, 0.29) is 0 Å². The summed E-state index contributed by atoms with van der Waals surface area (Å²) in [5, 5.41) is 8.81. The second-order valence-corrected chi connectivity index (χ2v) is 5.32. The summed E-state index contributed by atoms with van der Waals surface area (Å²) >= 11 is 1.64. The maximum absolute atomic E-state index is 8.81. The molecule has 0 fully saturated rings. The molecule has 0 saturated carbocycles. The van der Waals surface area contributed by atoms with Crippen LogP contribution in [-0.4, -0.2) is 0 Å². The molecule has 0 aromatic heterocycles. The van der Waals surface area contributed by atoms with Crippen LogP contribution in [0.1, 0.15) is 16.7 Å². The number of aryl methyl sites for hydroxylation is 2. The maximum atomic E-state index is 8.81. The Kier molecular flexibility index (Phi) is 3.59. The van der Waals surface area contributed by atoms with Crippen molar-refractivity contribution < 1.29 is 0 Å². The van der Waals surface area contributed by atoms with Crippen LogP contribution in [0.25, 0.3) is 0 Å². The number of hydrogen-bond donors (Lipinski definition) is 1. The Morgan fingerprint density at radius 2 is 1.83 bits per heavy atom. The molecule has 0 unspecified atom stereocenters. The lowest BCUT2D eigenvalue weighted by Gasteiger charge is -2.09. The highest BCUT2D eigenvalue weighted by Crippen LogP contribution is 2.34. The van der Waals surface area contributed by atoms with Gasteiger partial charge in [-0.3, -0.25) is 0 Å². The van der Waals surface area contributed by atoms with E-state index in [1.54, 1.807) is 23.9 Å². The summed E-state index contributed by atoms with van der Waals surface area (Å²) in [5.74, 6) is 0. The zero-order valence-electron chi connectivity index (χ0n) is 10.4. The molecule has 90 valence electrons. The molecule has 2 aromatic carbocycles. The van der Waals surface area contributed by atoms with E-state index in [2.05, 4.69) is 38.1 Å². The topological polar surface area (TPSA) is 49.8 Å².